The minimum atomic E-state index is -0.0313. The van der Waals surface area contributed by atoms with Gasteiger partial charge in [0.2, 0.25) is 0 Å². The summed E-state index contributed by atoms with van der Waals surface area (Å²) in [6.07, 6.45) is 1.56. The molecule has 0 spiro atoms. The number of carbonyl (C=O) groups excluding carboxylic acids is 1. The van der Waals surface area contributed by atoms with Gasteiger partial charge in [-0.3, -0.25) is 4.79 Å². The van der Waals surface area contributed by atoms with Crippen LogP contribution in [0.3, 0.4) is 0 Å². The molecular weight excluding hydrogens is 266 g/mol. The van der Waals surface area contributed by atoms with Crippen LogP contribution in [0.25, 0.3) is 0 Å². The van der Waals surface area contributed by atoms with E-state index in [2.05, 4.69) is 0 Å². The summed E-state index contributed by atoms with van der Waals surface area (Å²) in [7, 11) is 0. The molecule has 88 valence electrons. The van der Waals surface area contributed by atoms with Gasteiger partial charge < -0.3 is 0 Å². The van der Waals surface area contributed by atoms with E-state index in [-0.39, 0.29) is 11.7 Å². The van der Waals surface area contributed by atoms with Crippen molar-refractivity contribution in [2.75, 3.05) is 0 Å². The van der Waals surface area contributed by atoms with Crippen LogP contribution in [0.1, 0.15) is 37.0 Å². The molecule has 0 N–H and O–H groups in total. The number of hydrogen-bond donors (Lipinski definition) is 0. The smallest absolute Gasteiger partial charge is 0.168 e. The van der Waals surface area contributed by atoms with Crippen LogP contribution in [0.15, 0.2) is 12.1 Å². The molecule has 0 aliphatic carbocycles. The lowest BCUT2D eigenvalue weighted by Gasteiger charge is -2.13. The lowest BCUT2D eigenvalue weighted by Crippen LogP contribution is -2.14. The zero-order chi connectivity index (χ0) is 12.3. The molecule has 0 aromatic heterocycles. The van der Waals surface area contributed by atoms with Crippen LogP contribution in [0, 0.1) is 5.92 Å². The van der Waals surface area contributed by atoms with Crippen LogP contribution in [0.4, 0.5) is 0 Å². The maximum Gasteiger partial charge on any atom is 0.168 e. The van der Waals surface area contributed by atoms with Crippen LogP contribution in [0.2, 0.25) is 15.1 Å². The fourth-order valence-electron chi connectivity index (χ4n) is 1.64. The first-order valence-corrected chi connectivity index (χ1v) is 6.33. The molecule has 1 nitrogen and oxygen atoms in total. The summed E-state index contributed by atoms with van der Waals surface area (Å²) < 4.78 is 0. The Bertz CT molecular complexity index is 374. The number of ketones is 1. The van der Waals surface area contributed by atoms with Crippen LogP contribution >= 0.6 is 34.8 Å². The van der Waals surface area contributed by atoms with Crippen molar-refractivity contribution < 1.29 is 4.79 Å². The lowest BCUT2D eigenvalue weighted by molar-refractivity contribution is 0.0914. The zero-order valence-corrected chi connectivity index (χ0v) is 11.5. The highest BCUT2D eigenvalue weighted by molar-refractivity contribution is 6.42. The second-order valence-corrected chi connectivity index (χ2v) is 4.87. The molecule has 16 heavy (non-hydrogen) atoms. The van der Waals surface area contributed by atoms with Gasteiger partial charge in [-0.2, -0.15) is 0 Å². The van der Waals surface area contributed by atoms with E-state index < -0.39 is 0 Å². The van der Waals surface area contributed by atoms with Crippen molar-refractivity contribution in [3.63, 3.8) is 0 Å². The van der Waals surface area contributed by atoms with Gasteiger partial charge in [-0.1, -0.05) is 48.7 Å². The third-order valence-corrected chi connectivity index (χ3v) is 3.42. The maximum absolute atomic E-state index is 12.1. The molecule has 0 fully saturated rings. The molecule has 0 aliphatic rings. The average Bonchev–Trinajstić information content (AvgIpc) is 2.17. The minimum absolute atomic E-state index is 0.00309. The van der Waals surface area contributed by atoms with E-state index in [1.165, 1.54) is 0 Å². The van der Waals surface area contributed by atoms with Gasteiger partial charge in [0, 0.05) is 10.9 Å². The fourth-order valence-corrected chi connectivity index (χ4v) is 2.64. The molecule has 0 bridgehead atoms. The van der Waals surface area contributed by atoms with E-state index in [0.717, 1.165) is 12.8 Å². The standard InChI is InChI=1S/C12H13Cl3O/c1-3-7(4-2)12(16)11-9(14)5-8(13)6-10(11)15/h5-7H,3-4H2,1-2H3. The monoisotopic (exact) mass is 278 g/mol. The minimum Gasteiger partial charge on any atom is -0.294 e. The Balaban J connectivity index is 3.18. The molecule has 0 radical (unpaired) electrons. The van der Waals surface area contributed by atoms with Gasteiger partial charge in [0.15, 0.2) is 5.78 Å². The highest BCUT2D eigenvalue weighted by atomic mass is 35.5. The predicted molar refractivity (Wildman–Crippen MR) is 69.9 cm³/mol. The zero-order valence-electron chi connectivity index (χ0n) is 9.19. The largest absolute Gasteiger partial charge is 0.294 e. The van der Waals surface area contributed by atoms with Crippen LogP contribution in [0.5, 0.6) is 0 Å². The molecule has 0 unspecified atom stereocenters. The first kappa shape index (κ1) is 13.8. The van der Waals surface area contributed by atoms with Crippen LogP contribution in [-0.2, 0) is 0 Å². The highest BCUT2D eigenvalue weighted by Gasteiger charge is 2.22. The molecule has 0 heterocycles. The molecule has 0 saturated heterocycles. The van der Waals surface area contributed by atoms with E-state index in [1.54, 1.807) is 12.1 Å². The van der Waals surface area contributed by atoms with Crippen LogP contribution in [-0.4, -0.2) is 5.78 Å². The van der Waals surface area contributed by atoms with Gasteiger partial charge in [0.1, 0.15) is 0 Å². The molecule has 0 amide bonds. The fraction of sp³-hybridized carbons (Fsp3) is 0.417. The Kier molecular flexibility index (Phi) is 5.10. The molecule has 0 saturated carbocycles. The molecule has 1 aromatic rings. The summed E-state index contributed by atoms with van der Waals surface area (Å²) in [5.74, 6) is -0.0344. The molecule has 1 rings (SSSR count). The average molecular weight is 280 g/mol. The van der Waals surface area contributed by atoms with E-state index in [9.17, 15) is 4.79 Å². The van der Waals surface area contributed by atoms with Gasteiger partial charge >= 0.3 is 0 Å². The molecule has 0 aliphatic heterocycles. The van der Waals surface area contributed by atoms with E-state index in [0.29, 0.717) is 20.6 Å². The first-order chi connectivity index (χ1) is 7.51. The van der Waals surface area contributed by atoms with Crippen molar-refractivity contribution in [2.45, 2.75) is 26.7 Å². The third-order valence-electron chi connectivity index (χ3n) is 2.61. The Morgan fingerprint density at radius 3 is 1.94 bits per heavy atom. The Hall–Kier alpha value is -0.240. The summed E-state index contributed by atoms with van der Waals surface area (Å²) in [6, 6.07) is 3.09. The van der Waals surface area contributed by atoms with Gasteiger partial charge in [-0.25, -0.2) is 0 Å². The first-order valence-electron chi connectivity index (χ1n) is 5.20. The molecule has 1 aromatic carbocycles. The summed E-state index contributed by atoms with van der Waals surface area (Å²) >= 11 is 17.8. The summed E-state index contributed by atoms with van der Waals surface area (Å²) in [4.78, 5) is 12.1. The van der Waals surface area contributed by atoms with Crippen LogP contribution < -0.4 is 0 Å². The van der Waals surface area contributed by atoms with Crippen molar-refractivity contribution in [2.24, 2.45) is 5.92 Å². The van der Waals surface area contributed by atoms with Gasteiger partial charge in [0.05, 0.1) is 15.6 Å². The summed E-state index contributed by atoms with van der Waals surface area (Å²) in [5, 5.41) is 1.10. The quantitative estimate of drug-likeness (QED) is 0.687. The number of benzene rings is 1. The third kappa shape index (κ3) is 2.91. The predicted octanol–water partition coefficient (Wildman–Crippen LogP) is 5.27. The number of hydrogen-bond acceptors (Lipinski definition) is 1. The Morgan fingerprint density at radius 2 is 1.56 bits per heavy atom. The number of halogens is 3. The van der Waals surface area contributed by atoms with E-state index in [4.69, 9.17) is 34.8 Å². The Morgan fingerprint density at radius 1 is 1.12 bits per heavy atom. The topological polar surface area (TPSA) is 17.1 Å². The SMILES string of the molecule is CCC(CC)C(=O)c1c(Cl)cc(Cl)cc1Cl. The van der Waals surface area contributed by atoms with Crippen molar-refractivity contribution in [3.05, 3.63) is 32.8 Å². The summed E-state index contributed by atoms with van der Waals surface area (Å²) in [6.45, 7) is 3.95. The molecule has 4 heteroatoms. The van der Waals surface area contributed by atoms with Gasteiger partial charge in [-0.05, 0) is 25.0 Å². The van der Waals surface area contributed by atoms with E-state index in [1.807, 2.05) is 13.8 Å². The van der Waals surface area contributed by atoms with Gasteiger partial charge in [0.25, 0.3) is 0 Å². The maximum atomic E-state index is 12.1. The van der Waals surface area contributed by atoms with Crippen molar-refractivity contribution in [3.8, 4) is 0 Å². The lowest BCUT2D eigenvalue weighted by atomic mass is 9.93. The number of rotatable bonds is 4. The van der Waals surface area contributed by atoms with E-state index >= 15 is 0 Å². The van der Waals surface area contributed by atoms with Gasteiger partial charge in [-0.15, -0.1) is 0 Å². The normalized spacial score (nSPS) is 10.9. The Labute approximate surface area is 111 Å². The van der Waals surface area contributed by atoms with Crippen molar-refractivity contribution in [1.82, 2.24) is 0 Å². The van der Waals surface area contributed by atoms with Crippen molar-refractivity contribution in [1.29, 1.82) is 0 Å². The molecular formula is C12H13Cl3O. The number of Topliss-reactive ketones (excluding diaryl/α,β-unsaturated/α-hetero) is 1. The van der Waals surface area contributed by atoms with Crippen molar-refractivity contribution >= 4 is 40.6 Å². The summed E-state index contributed by atoms with van der Waals surface area (Å²) in [5.41, 5.74) is 0.390. The second kappa shape index (κ2) is 5.90. The number of carbonyl (C=O) groups is 1. The molecule has 0 atom stereocenters. The second-order valence-electron chi connectivity index (χ2n) is 3.62. The highest BCUT2D eigenvalue weighted by Crippen LogP contribution is 2.32.